The van der Waals surface area contributed by atoms with Crippen LogP contribution in [0.5, 0.6) is 0 Å². The van der Waals surface area contributed by atoms with E-state index in [1.54, 1.807) is 10.7 Å². The van der Waals surface area contributed by atoms with E-state index in [4.69, 9.17) is 17.3 Å². The van der Waals surface area contributed by atoms with Crippen LogP contribution in [0.2, 0.25) is 5.02 Å². The molecule has 0 bridgehead atoms. The Morgan fingerprint density at radius 3 is 2.75 bits per heavy atom. The average Bonchev–Trinajstić information content (AvgIpc) is 2.64. The minimum Gasteiger partial charge on any atom is -0.398 e. The van der Waals surface area contributed by atoms with Gasteiger partial charge < -0.3 is 5.73 Å². The van der Waals surface area contributed by atoms with Crippen LogP contribution in [0.1, 0.15) is 12.7 Å². The molecule has 0 aliphatic carbocycles. The van der Waals surface area contributed by atoms with Crippen LogP contribution < -0.4 is 5.73 Å². The van der Waals surface area contributed by atoms with E-state index >= 15 is 0 Å². The molecule has 2 aromatic rings. The van der Waals surface area contributed by atoms with E-state index in [2.05, 4.69) is 10.1 Å². The Labute approximate surface area is 99.1 Å². The molecule has 5 heteroatoms. The smallest absolute Gasteiger partial charge is 0.158 e. The van der Waals surface area contributed by atoms with Crippen molar-refractivity contribution in [3.05, 3.63) is 29.0 Å². The number of anilines is 1. The topological polar surface area (TPSA) is 56.7 Å². The van der Waals surface area contributed by atoms with Gasteiger partial charge in [-0.15, -0.1) is 0 Å². The minimum absolute atomic E-state index is 0.556. The summed E-state index contributed by atoms with van der Waals surface area (Å²) >= 11 is 5.87. The molecular weight excluding hydrogens is 224 g/mol. The van der Waals surface area contributed by atoms with Crippen LogP contribution in [0.15, 0.2) is 18.2 Å². The van der Waals surface area contributed by atoms with E-state index in [1.165, 1.54) is 0 Å². The second-order valence-electron chi connectivity index (χ2n) is 3.57. The number of hydrogen-bond donors (Lipinski definition) is 1. The van der Waals surface area contributed by atoms with Gasteiger partial charge in [0.15, 0.2) is 11.6 Å². The van der Waals surface area contributed by atoms with Crippen molar-refractivity contribution in [1.29, 1.82) is 0 Å². The first-order chi connectivity index (χ1) is 7.61. The van der Waals surface area contributed by atoms with Gasteiger partial charge in [0, 0.05) is 19.0 Å². The Morgan fingerprint density at radius 2 is 2.19 bits per heavy atom. The van der Waals surface area contributed by atoms with Gasteiger partial charge in [0.2, 0.25) is 0 Å². The maximum absolute atomic E-state index is 5.87. The van der Waals surface area contributed by atoms with Gasteiger partial charge in [0.05, 0.1) is 10.7 Å². The van der Waals surface area contributed by atoms with Crippen molar-refractivity contribution in [1.82, 2.24) is 14.8 Å². The molecule has 0 saturated heterocycles. The fraction of sp³-hybridized carbons (Fsp3) is 0.273. The second-order valence-corrected chi connectivity index (χ2v) is 3.97. The van der Waals surface area contributed by atoms with E-state index in [9.17, 15) is 0 Å². The van der Waals surface area contributed by atoms with Crippen molar-refractivity contribution in [2.45, 2.75) is 13.3 Å². The molecule has 0 atom stereocenters. The van der Waals surface area contributed by atoms with Gasteiger partial charge in [-0.3, -0.25) is 0 Å². The maximum atomic E-state index is 5.87. The Hall–Kier alpha value is -1.55. The van der Waals surface area contributed by atoms with E-state index in [-0.39, 0.29) is 0 Å². The molecule has 2 N–H and O–H groups in total. The summed E-state index contributed by atoms with van der Waals surface area (Å²) in [4.78, 5) is 4.42. The molecule has 0 radical (unpaired) electrons. The van der Waals surface area contributed by atoms with Gasteiger partial charge in [-0.05, 0) is 18.2 Å². The van der Waals surface area contributed by atoms with Crippen molar-refractivity contribution in [2.75, 3.05) is 5.73 Å². The number of nitrogens with two attached hydrogens (primary N) is 1. The zero-order chi connectivity index (χ0) is 11.7. The van der Waals surface area contributed by atoms with Crippen LogP contribution in [-0.4, -0.2) is 14.8 Å². The molecule has 0 saturated carbocycles. The number of aryl methyl sites for hydroxylation is 2. The van der Waals surface area contributed by atoms with Crippen LogP contribution in [-0.2, 0) is 13.5 Å². The lowest BCUT2D eigenvalue weighted by molar-refractivity contribution is 0.753. The molecule has 2 rings (SSSR count). The number of aromatic nitrogens is 3. The van der Waals surface area contributed by atoms with Crippen LogP contribution in [0, 0.1) is 0 Å². The third-order valence-corrected chi connectivity index (χ3v) is 2.72. The molecule has 0 aliphatic heterocycles. The highest BCUT2D eigenvalue weighted by Crippen LogP contribution is 2.25. The molecule has 0 unspecified atom stereocenters. The van der Waals surface area contributed by atoms with Crippen molar-refractivity contribution >= 4 is 17.3 Å². The average molecular weight is 237 g/mol. The molecule has 0 fully saturated rings. The molecular formula is C11H13ClN4. The second kappa shape index (κ2) is 4.14. The molecule has 1 aromatic carbocycles. The number of nitrogens with zero attached hydrogens (tertiary/aromatic N) is 3. The molecule has 84 valence electrons. The summed E-state index contributed by atoms with van der Waals surface area (Å²) in [6.07, 6.45) is 0.816. The summed E-state index contributed by atoms with van der Waals surface area (Å²) in [5, 5.41) is 4.85. The lowest BCUT2D eigenvalue weighted by Crippen LogP contribution is -1.95. The van der Waals surface area contributed by atoms with Gasteiger partial charge in [0.25, 0.3) is 0 Å². The standard InChI is InChI=1S/C11H13ClN4/c1-3-10-14-11(16(2)15-10)7-4-5-8(12)9(13)6-7/h4-6H,3,13H2,1-2H3. The first-order valence-electron chi connectivity index (χ1n) is 5.07. The van der Waals surface area contributed by atoms with E-state index in [0.717, 1.165) is 23.6 Å². The molecule has 0 spiro atoms. The predicted molar refractivity (Wildman–Crippen MR) is 65.2 cm³/mol. The molecule has 0 amide bonds. The summed E-state index contributed by atoms with van der Waals surface area (Å²) in [6.45, 7) is 2.02. The third kappa shape index (κ3) is 1.88. The molecule has 1 aromatic heterocycles. The zero-order valence-corrected chi connectivity index (χ0v) is 9.99. The van der Waals surface area contributed by atoms with Crippen molar-refractivity contribution in [2.24, 2.45) is 7.05 Å². The minimum atomic E-state index is 0.556. The van der Waals surface area contributed by atoms with Crippen LogP contribution >= 0.6 is 11.6 Å². The predicted octanol–water partition coefficient (Wildman–Crippen LogP) is 2.28. The quantitative estimate of drug-likeness (QED) is 0.814. The summed E-state index contributed by atoms with van der Waals surface area (Å²) in [7, 11) is 1.87. The van der Waals surface area contributed by atoms with E-state index in [0.29, 0.717) is 10.7 Å². The van der Waals surface area contributed by atoms with Gasteiger partial charge >= 0.3 is 0 Å². The highest BCUT2D eigenvalue weighted by Gasteiger charge is 2.09. The highest BCUT2D eigenvalue weighted by atomic mass is 35.5. The summed E-state index contributed by atoms with van der Waals surface area (Å²) < 4.78 is 1.75. The number of nitrogen functional groups attached to an aromatic ring is 1. The van der Waals surface area contributed by atoms with E-state index in [1.807, 2.05) is 26.1 Å². The Balaban J connectivity index is 2.49. The SMILES string of the molecule is CCc1nc(-c2ccc(Cl)c(N)c2)n(C)n1. The normalized spacial score (nSPS) is 10.7. The summed E-state index contributed by atoms with van der Waals surface area (Å²) in [5.41, 5.74) is 7.24. The zero-order valence-electron chi connectivity index (χ0n) is 9.24. The van der Waals surface area contributed by atoms with Gasteiger partial charge in [-0.2, -0.15) is 5.10 Å². The highest BCUT2D eigenvalue weighted by molar-refractivity contribution is 6.33. The van der Waals surface area contributed by atoms with Crippen LogP contribution in [0.25, 0.3) is 11.4 Å². The van der Waals surface area contributed by atoms with Crippen LogP contribution in [0.4, 0.5) is 5.69 Å². The first-order valence-corrected chi connectivity index (χ1v) is 5.45. The fourth-order valence-corrected chi connectivity index (χ4v) is 1.64. The maximum Gasteiger partial charge on any atom is 0.158 e. The Kier molecular flexibility index (Phi) is 2.83. The van der Waals surface area contributed by atoms with E-state index < -0.39 is 0 Å². The largest absolute Gasteiger partial charge is 0.398 e. The molecule has 16 heavy (non-hydrogen) atoms. The Morgan fingerprint density at radius 1 is 1.44 bits per heavy atom. The van der Waals surface area contributed by atoms with Gasteiger partial charge in [-0.1, -0.05) is 18.5 Å². The summed E-state index contributed by atoms with van der Waals surface area (Å²) in [5.74, 6) is 1.63. The number of halogens is 1. The summed E-state index contributed by atoms with van der Waals surface area (Å²) in [6, 6.07) is 5.47. The van der Waals surface area contributed by atoms with Gasteiger partial charge in [-0.25, -0.2) is 9.67 Å². The third-order valence-electron chi connectivity index (χ3n) is 2.38. The molecule has 4 nitrogen and oxygen atoms in total. The fourth-order valence-electron chi connectivity index (χ4n) is 1.52. The monoisotopic (exact) mass is 236 g/mol. The van der Waals surface area contributed by atoms with Gasteiger partial charge in [0.1, 0.15) is 0 Å². The number of rotatable bonds is 2. The number of hydrogen-bond acceptors (Lipinski definition) is 3. The lowest BCUT2D eigenvalue weighted by atomic mass is 10.2. The van der Waals surface area contributed by atoms with Crippen molar-refractivity contribution < 1.29 is 0 Å². The van der Waals surface area contributed by atoms with Crippen molar-refractivity contribution in [3.63, 3.8) is 0 Å². The van der Waals surface area contributed by atoms with Crippen molar-refractivity contribution in [3.8, 4) is 11.4 Å². The Bertz CT molecular complexity index is 519. The first kappa shape index (κ1) is 11.0. The number of benzene rings is 1. The lowest BCUT2D eigenvalue weighted by Gasteiger charge is -2.02. The molecule has 1 heterocycles. The molecule has 0 aliphatic rings. The van der Waals surface area contributed by atoms with Crippen LogP contribution in [0.3, 0.4) is 0 Å².